The molecule has 1 aromatic carbocycles. The fourth-order valence-corrected chi connectivity index (χ4v) is 3.14. The van der Waals surface area contributed by atoms with Crippen molar-refractivity contribution in [2.75, 3.05) is 18.5 Å². The molecule has 30 heavy (non-hydrogen) atoms. The van der Waals surface area contributed by atoms with E-state index in [1.807, 2.05) is 35.8 Å². The average molecular weight is 409 g/mol. The molecule has 9 nitrogen and oxygen atoms in total. The van der Waals surface area contributed by atoms with Crippen LogP contribution in [0.5, 0.6) is 0 Å². The number of carbonyl (C=O) groups excluding carboxylic acids is 1. The van der Waals surface area contributed by atoms with Crippen LogP contribution in [0.4, 0.5) is 5.95 Å². The van der Waals surface area contributed by atoms with Gasteiger partial charge in [0.25, 0.3) is 0 Å². The molecule has 1 amide bonds. The van der Waals surface area contributed by atoms with Gasteiger partial charge >= 0.3 is 0 Å². The van der Waals surface area contributed by atoms with E-state index < -0.39 is 0 Å². The molecule has 3 aromatic heterocycles. The minimum atomic E-state index is -0.172. The number of aromatic nitrogens is 4. The zero-order valence-corrected chi connectivity index (χ0v) is 16.7. The van der Waals surface area contributed by atoms with Crippen molar-refractivity contribution in [3.63, 3.8) is 0 Å². The number of anilines is 1. The predicted molar refractivity (Wildman–Crippen MR) is 110 cm³/mol. The highest BCUT2D eigenvalue weighted by Gasteiger charge is 2.15. The summed E-state index contributed by atoms with van der Waals surface area (Å²) in [4.78, 5) is 21.4. The SMILES string of the molecule is CCOCCCn1c(NC(=O)CCc2nc(-c3ccco3)no2)nc2ccccc21. The van der Waals surface area contributed by atoms with E-state index >= 15 is 0 Å². The Hall–Kier alpha value is -3.46. The van der Waals surface area contributed by atoms with Gasteiger partial charge in [0.05, 0.1) is 17.3 Å². The van der Waals surface area contributed by atoms with Crippen LogP contribution in [0.15, 0.2) is 51.6 Å². The van der Waals surface area contributed by atoms with Gasteiger partial charge in [0.15, 0.2) is 5.76 Å². The van der Waals surface area contributed by atoms with Crippen molar-refractivity contribution < 1.29 is 18.5 Å². The maximum Gasteiger partial charge on any atom is 0.238 e. The quantitative estimate of drug-likeness (QED) is 0.398. The number of hydrogen-bond donors (Lipinski definition) is 1. The fraction of sp³-hybridized carbons (Fsp3) is 0.333. The lowest BCUT2D eigenvalue weighted by molar-refractivity contribution is -0.116. The summed E-state index contributed by atoms with van der Waals surface area (Å²) in [6, 6.07) is 11.3. The standard InChI is InChI=1S/C21H23N5O4/c1-2-28-13-6-12-26-16-8-4-3-7-15(16)22-21(26)23-18(27)10-11-19-24-20(25-30-19)17-9-5-14-29-17/h3-5,7-9,14H,2,6,10-13H2,1H3,(H,22,23,27). The summed E-state index contributed by atoms with van der Waals surface area (Å²) in [5.74, 6) is 1.62. The average Bonchev–Trinajstić information content (AvgIpc) is 3.49. The molecular weight excluding hydrogens is 386 g/mol. The van der Waals surface area contributed by atoms with Crippen molar-refractivity contribution in [2.45, 2.75) is 32.7 Å². The second-order valence-electron chi connectivity index (χ2n) is 6.66. The number of para-hydroxylation sites is 2. The smallest absolute Gasteiger partial charge is 0.238 e. The largest absolute Gasteiger partial charge is 0.461 e. The number of benzene rings is 1. The summed E-state index contributed by atoms with van der Waals surface area (Å²) in [6.45, 7) is 4.02. The summed E-state index contributed by atoms with van der Waals surface area (Å²) in [5, 5.41) is 6.78. The molecule has 0 bridgehead atoms. The first-order valence-electron chi connectivity index (χ1n) is 9.94. The molecule has 0 aliphatic rings. The number of fused-ring (bicyclic) bond motifs is 1. The minimum Gasteiger partial charge on any atom is -0.461 e. The molecule has 156 valence electrons. The molecule has 0 aliphatic heterocycles. The Labute approximate surface area is 173 Å². The molecule has 0 radical (unpaired) electrons. The van der Waals surface area contributed by atoms with Crippen molar-refractivity contribution >= 4 is 22.9 Å². The molecule has 4 aromatic rings. The Morgan fingerprint density at radius 3 is 2.93 bits per heavy atom. The van der Waals surface area contributed by atoms with Gasteiger partial charge in [-0.2, -0.15) is 4.98 Å². The van der Waals surface area contributed by atoms with Gasteiger partial charge in [-0.3, -0.25) is 10.1 Å². The highest BCUT2D eigenvalue weighted by molar-refractivity contribution is 5.91. The van der Waals surface area contributed by atoms with Crippen molar-refractivity contribution in [3.05, 3.63) is 48.6 Å². The molecular formula is C21H23N5O4. The number of imidazole rings is 1. The lowest BCUT2D eigenvalue weighted by Gasteiger charge is -2.10. The third-order valence-corrected chi connectivity index (χ3v) is 4.56. The molecule has 0 spiro atoms. The number of nitrogens with zero attached hydrogens (tertiary/aromatic N) is 4. The van der Waals surface area contributed by atoms with Crippen molar-refractivity contribution in [1.82, 2.24) is 19.7 Å². The zero-order chi connectivity index (χ0) is 20.8. The van der Waals surface area contributed by atoms with Crippen LogP contribution in [0.3, 0.4) is 0 Å². The van der Waals surface area contributed by atoms with Crippen LogP contribution in [0.2, 0.25) is 0 Å². The molecule has 0 saturated carbocycles. The lowest BCUT2D eigenvalue weighted by Crippen LogP contribution is -2.17. The monoisotopic (exact) mass is 409 g/mol. The van der Waals surface area contributed by atoms with E-state index in [2.05, 4.69) is 20.4 Å². The van der Waals surface area contributed by atoms with E-state index in [1.165, 1.54) is 0 Å². The fourth-order valence-electron chi connectivity index (χ4n) is 3.14. The summed E-state index contributed by atoms with van der Waals surface area (Å²) < 4.78 is 17.9. The second kappa shape index (κ2) is 9.36. The Bertz CT molecular complexity index is 1100. The highest BCUT2D eigenvalue weighted by atomic mass is 16.5. The van der Waals surface area contributed by atoms with Gasteiger partial charge in [0, 0.05) is 32.6 Å². The van der Waals surface area contributed by atoms with Crippen LogP contribution >= 0.6 is 0 Å². The van der Waals surface area contributed by atoms with Crippen molar-refractivity contribution in [2.24, 2.45) is 0 Å². The first-order chi connectivity index (χ1) is 14.7. The molecule has 9 heteroatoms. The van der Waals surface area contributed by atoms with Gasteiger partial charge in [0.2, 0.25) is 23.6 Å². The number of rotatable bonds is 10. The first kappa shape index (κ1) is 19.8. The van der Waals surface area contributed by atoms with Crippen LogP contribution < -0.4 is 5.32 Å². The number of aryl methyl sites for hydroxylation is 2. The van der Waals surface area contributed by atoms with E-state index in [0.29, 0.717) is 49.6 Å². The van der Waals surface area contributed by atoms with E-state index in [-0.39, 0.29) is 12.3 Å². The van der Waals surface area contributed by atoms with E-state index in [9.17, 15) is 4.79 Å². The number of ether oxygens (including phenoxy) is 1. The van der Waals surface area contributed by atoms with Crippen LogP contribution in [-0.4, -0.2) is 38.8 Å². The number of nitrogens with one attached hydrogen (secondary N) is 1. The van der Waals surface area contributed by atoms with Crippen LogP contribution in [0.25, 0.3) is 22.6 Å². The van der Waals surface area contributed by atoms with Gasteiger partial charge in [0.1, 0.15) is 0 Å². The normalized spacial score (nSPS) is 11.2. The summed E-state index contributed by atoms with van der Waals surface area (Å²) >= 11 is 0. The van der Waals surface area contributed by atoms with E-state index in [0.717, 1.165) is 17.5 Å². The topological polar surface area (TPSA) is 108 Å². The molecule has 1 N–H and O–H groups in total. The Morgan fingerprint density at radius 1 is 1.20 bits per heavy atom. The maximum atomic E-state index is 12.5. The van der Waals surface area contributed by atoms with Crippen LogP contribution in [-0.2, 0) is 22.5 Å². The molecule has 0 atom stereocenters. The summed E-state index contributed by atoms with van der Waals surface area (Å²) in [5.41, 5.74) is 1.81. The van der Waals surface area contributed by atoms with Crippen molar-refractivity contribution in [1.29, 1.82) is 0 Å². The van der Waals surface area contributed by atoms with Crippen LogP contribution in [0, 0.1) is 0 Å². The van der Waals surface area contributed by atoms with Crippen LogP contribution in [0.1, 0.15) is 25.7 Å². The maximum absolute atomic E-state index is 12.5. The zero-order valence-electron chi connectivity index (χ0n) is 16.7. The van der Waals surface area contributed by atoms with E-state index in [4.69, 9.17) is 13.7 Å². The Morgan fingerprint density at radius 2 is 2.10 bits per heavy atom. The molecule has 0 fully saturated rings. The van der Waals surface area contributed by atoms with Crippen molar-refractivity contribution in [3.8, 4) is 11.6 Å². The van der Waals surface area contributed by atoms with Gasteiger partial charge in [-0.1, -0.05) is 17.3 Å². The third-order valence-electron chi connectivity index (χ3n) is 4.56. The Balaban J connectivity index is 1.40. The van der Waals surface area contributed by atoms with Gasteiger partial charge in [-0.15, -0.1) is 0 Å². The molecule has 4 rings (SSSR count). The molecule has 0 unspecified atom stereocenters. The van der Waals surface area contributed by atoms with Gasteiger partial charge in [-0.05, 0) is 37.6 Å². The summed E-state index contributed by atoms with van der Waals surface area (Å²) in [6.07, 6.45) is 2.89. The van der Waals surface area contributed by atoms with Gasteiger partial charge < -0.3 is 18.2 Å². The van der Waals surface area contributed by atoms with Gasteiger partial charge in [-0.25, -0.2) is 4.98 Å². The lowest BCUT2D eigenvalue weighted by atomic mass is 10.3. The second-order valence-corrected chi connectivity index (χ2v) is 6.66. The predicted octanol–water partition coefficient (Wildman–Crippen LogP) is 3.68. The number of hydrogen-bond acceptors (Lipinski definition) is 7. The molecule has 3 heterocycles. The highest BCUT2D eigenvalue weighted by Crippen LogP contribution is 2.21. The number of furan rings is 1. The summed E-state index contributed by atoms with van der Waals surface area (Å²) in [7, 11) is 0. The molecule has 0 saturated heterocycles. The minimum absolute atomic E-state index is 0.172. The third kappa shape index (κ3) is 4.57. The first-order valence-corrected chi connectivity index (χ1v) is 9.94. The Kier molecular flexibility index (Phi) is 6.19. The molecule has 0 aliphatic carbocycles. The van der Waals surface area contributed by atoms with E-state index in [1.54, 1.807) is 18.4 Å². The number of amides is 1. The number of carbonyl (C=O) groups is 1.